The number of amides is 2. The molecule has 0 radical (unpaired) electrons. The van der Waals surface area contributed by atoms with Crippen molar-refractivity contribution in [2.75, 3.05) is 0 Å². The predicted octanol–water partition coefficient (Wildman–Crippen LogP) is -0.0207. The molecule has 3 N–H and O–H groups in total. The van der Waals surface area contributed by atoms with Crippen LogP contribution in [0.4, 0.5) is 0 Å². The molecule has 1 unspecified atom stereocenters. The van der Waals surface area contributed by atoms with Crippen LogP contribution in [0.25, 0.3) is 0 Å². The number of hydrogen-bond acceptors (Lipinski definition) is 3. The first kappa shape index (κ1) is 11.5. The number of hydrogen-bond donors (Lipinski definition) is 2. The fourth-order valence-electron chi connectivity index (χ4n) is 1.55. The summed E-state index contributed by atoms with van der Waals surface area (Å²) in [5.41, 5.74) is 7.22. The smallest absolute Gasteiger partial charge is 0.274 e. The molecule has 88 valence electrons. The molecule has 5 heteroatoms. The van der Waals surface area contributed by atoms with E-state index in [0.717, 1.165) is 6.42 Å². The highest BCUT2D eigenvalue weighted by Crippen LogP contribution is 2.08. The molecule has 1 heterocycles. The molecular weight excluding hydrogens is 218 g/mol. The second-order valence-electron chi connectivity index (χ2n) is 3.82. The van der Waals surface area contributed by atoms with Gasteiger partial charge in [0.05, 0.1) is 0 Å². The summed E-state index contributed by atoms with van der Waals surface area (Å²) in [6.07, 6.45) is 0.933. The van der Waals surface area contributed by atoms with Gasteiger partial charge in [-0.3, -0.25) is 9.59 Å². The van der Waals surface area contributed by atoms with Crippen molar-refractivity contribution >= 4 is 17.6 Å². The molecular formula is C12H13N3O2. The number of carbonyl (C=O) groups is 2. The predicted molar refractivity (Wildman–Crippen MR) is 63.5 cm³/mol. The zero-order valence-electron chi connectivity index (χ0n) is 9.43. The van der Waals surface area contributed by atoms with Crippen LogP contribution in [0.1, 0.15) is 18.1 Å². The molecule has 1 aliphatic heterocycles. The van der Waals surface area contributed by atoms with Gasteiger partial charge in [-0.15, -0.1) is 0 Å². The van der Waals surface area contributed by atoms with Gasteiger partial charge in [0, 0.05) is 5.56 Å². The molecule has 0 aliphatic carbocycles. The van der Waals surface area contributed by atoms with Crippen LogP contribution < -0.4 is 11.1 Å². The van der Waals surface area contributed by atoms with Crippen LogP contribution in [0.2, 0.25) is 0 Å². The molecule has 0 fully saturated rings. The van der Waals surface area contributed by atoms with Gasteiger partial charge in [-0.2, -0.15) is 4.99 Å². The van der Waals surface area contributed by atoms with Crippen molar-refractivity contribution in [1.29, 1.82) is 0 Å². The van der Waals surface area contributed by atoms with Gasteiger partial charge < -0.3 is 11.1 Å². The summed E-state index contributed by atoms with van der Waals surface area (Å²) < 4.78 is 0. The highest BCUT2D eigenvalue weighted by Gasteiger charge is 2.28. The summed E-state index contributed by atoms with van der Waals surface area (Å²) in [6.45, 7) is 2.05. The first-order valence-corrected chi connectivity index (χ1v) is 5.40. The van der Waals surface area contributed by atoms with Gasteiger partial charge in [0.1, 0.15) is 5.84 Å². The normalized spacial score (nSPS) is 19.9. The second-order valence-corrected chi connectivity index (χ2v) is 3.82. The van der Waals surface area contributed by atoms with Crippen molar-refractivity contribution in [3.8, 4) is 0 Å². The van der Waals surface area contributed by atoms with E-state index in [9.17, 15) is 9.59 Å². The fourth-order valence-corrected chi connectivity index (χ4v) is 1.55. The molecule has 1 aromatic rings. The second kappa shape index (κ2) is 4.47. The topological polar surface area (TPSA) is 84.6 Å². The van der Waals surface area contributed by atoms with Crippen LogP contribution in [0, 0.1) is 0 Å². The van der Waals surface area contributed by atoms with Crippen LogP contribution in [-0.2, 0) is 16.0 Å². The Morgan fingerprint density at radius 3 is 2.47 bits per heavy atom. The molecule has 17 heavy (non-hydrogen) atoms. The highest BCUT2D eigenvalue weighted by molar-refractivity contribution is 6.22. The average molecular weight is 231 g/mol. The first-order chi connectivity index (χ1) is 8.11. The van der Waals surface area contributed by atoms with Gasteiger partial charge in [0.25, 0.3) is 11.8 Å². The number of amidine groups is 1. The van der Waals surface area contributed by atoms with Crippen LogP contribution in [0.3, 0.4) is 0 Å². The van der Waals surface area contributed by atoms with Gasteiger partial charge >= 0.3 is 0 Å². The number of nitrogens with one attached hydrogen (secondary N) is 1. The average Bonchev–Trinajstić information content (AvgIpc) is 2.35. The Morgan fingerprint density at radius 1 is 1.29 bits per heavy atom. The molecule has 1 aliphatic rings. The molecule has 1 aromatic carbocycles. The quantitative estimate of drug-likeness (QED) is 0.701. The Bertz CT molecular complexity index is 491. The number of rotatable bonds is 2. The molecule has 0 spiro atoms. The van der Waals surface area contributed by atoms with E-state index in [0.29, 0.717) is 5.56 Å². The summed E-state index contributed by atoms with van der Waals surface area (Å²) in [7, 11) is 0. The molecule has 0 aromatic heterocycles. The minimum atomic E-state index is -1.19. The molecule has 2 rings (SSSR count). The highest BCUT2D eigenvalue weighted by atomic mass is 16.2. The summed E-state index contributed by atoms with van der Waals surface area (Å²) in [5, 5.41) is 2.52. The fraction of sp³-hybridized carbons (Fsp3) is 0.250. The number of nitrogens with two attached hydrogens (primary N) is 1. The van der Waals surface area contributed by atoms with Crippen molar-refractivity contribution in [1.82, 2.24) is 5.32 Å². The van der Waals surface area contributed by atoms with Crippen molar-refractivity contribution < 1.29 is 9.59 Å². The van der Waals surface area contributed by atoms with E-state index in [1.807, 2.05) is 24.3 Å². The number of aliphatic imine (C=N–C) groups is 1. The van der Waals surface area contributed by atoms with Crippen LogP contribution >= 0.6 is 0 Å². The molecule has 0 saturated carbocycles. The first-order valence-electron chi connectivity index (χ1n) is 5.40. The minimum absolute atomic E-state index is 0.268. The van der Waals surface area contributed by atoms with Gasteiger partial charge in [-0.05, 0) is 12.0 Å². The van der Waals surface area contributed by atoms with E-state index in [-0.39, 0.29) is 5.84 Å². The minimum Gasteiger partial charge on any atom is -0.312 e. The van der Waals surface area contributed by atoms with Crippen LogP contribution in [0.5, 0.6) is 0 Å². The standard InChI is InChI=1S/C12H13N3O2/c1-2-7-3-5-8(6-4-7)10-14-11(16)9(13)12(17)15-10/h3-6,9H,2,13H2,1H3,(H,14,15,16,17). The van der Waals surface area contributed by atoms with E-state index in [1.165, 1.54) is 5.56 Å². The lowest BCUT2D eigenvalue weighted by Crippen LogP contribution is -2.52. The maximum Gasteiger partial charge on any atom is 0.274 e. The zero-order chi connectivity index (χ0) is 12.4. The Morgan fingerprint density at radius 2 is 1.94 bits per heavy atom. The third-order valence-corrected chi connectivity index (χ3v) is 2.65. The van der Waals surface area contributed by atoms with Crippen LogP contribution in [-0.4, -0.2) is 23.7 Å². The van der Waals surface area contributed by atoms with E-state index in [1.54, 1.807) is 0 Å². The van der Waals surface area contributed by atoms with Crippen molar-refractivity contribution in [2.24, 2.45) is 10.7 Å². The van der Waals surface area contributed by atoms with E-state index in [4.69, 9.17) is 5.73 Å². The Kier molecular flexibility index (Phi) is 3.01. The Balaban J connectivity index is 2.31. The Hall–Kier alpha value is -2.01. The van der Waals surface area contributed by atoms with Gasteiger partial charge in [-0.1, -0.05) is 31.2 Å². The molecule has 0 bridgehead atoms. The number of carbonyl (C=O) groups excluding carboxylic acids is 2. The van der Waals surface area contributed by atoms with Gasteiger partial charge in [0.2, 0.25) is 0 Å². The zero-order valence-corrected chi connectivity index (χ0v) is 9.43. The number of aryl methyl sites for hydroxylation is 1. The van der Waals surface area contributed by atoms with E-state index < -0.39 is 17.9 Å². The van der Waals surface area contributed by atoms with Gasteiger partial charge in [-0.25, -0.2) is 0 Å². The SMILES string of the molecule is CCc1ccc(C2=NC(=O)C(N)C(=O)N2)cc1. The Labute approximate surface area is 98.7 Å². The maximum atomic E-state index is 11.4. The summed E-state index contributed by atoms with van der Waals surface area (Å²) in [4.78, 5) is 26.5. The summed E-state index contributed by atoms with van der Waals surface area (Å²) in [5.74, 6) is -0.854. The number of benzene rings is 1. The van der Waals surface area contributed by atoms with Crippen molar-refractivity contribution in [3.05, 3.63) is 35.4 Å². The third-order valence-electron chi connectivity index (χ3n) is 2.65. The lowest BCUT2D eigenvalue weighted by atomic mass is 10.1. The maximum absolute atomic E-state index is 11.4. The van der Waals surface area contributed by atoms with E-state index in [2.05, 4.69) is 17.2 Å². The largest absolute Gasteiger partial charge is 0.312 e. The molecule has 0 saturated heterocycles. The summed E-state index contributed by atoms with van der Waals surface area (Å²) >= 11 is 0. The van der Waals surface area contributed by atoms with E-state index >= 15 is 0 Å². The molecule has 5 nitrogen and oxygen atoms in total. The lowest BCUT2D eigenvalue weighted by molar-refractivity contribution is -0.129. The lowest BCUT2D eigenvalue weighted by Gasteiger charge is -2.17. The number of nitrogens with zero attached hydrogens (tertiary/aromatic N) is 1. The third kappa shape index (κ3) is 2.24. The van der Waals surface area contributed by atoms with Crippen LogP contribution in [0.15, 0.2) is 29.3 Å². The molecule has 1 atom stereocenters. The van der Waals surface area contributed by atoms with Gasteiger partial charge in [0.15, 0.2) is 6.04 Å². The monoisotopic (exact) mass is 231 g/mol. The molecule has 2 amide bonds. The van der Waals surface area contributed by atoms with Crippen molar-refractivity contribution in [2.45, 2.75) is 19.4 Å². The van der Waals surface area contributed by atoms with Crippen molar-refractivity contribution in [3.63, 3.8) is 0 Å². The summed E-state index contributed by atoms with van der Waals surface area (Å²) in [6, 6.07) is 6.32.